The number of urea groups is 1. The Labute approximate surface area is 270 Å². The number of carbonyl (C=O) groups is 2. The molecule has 0 aromatic carbocycles. The molecule has 3 saturated carbocycles. The molecule has 2 bridgehead atoms. The number of fused-ring (bicyclic) bond motifs is 1. The zero-order valence-corrected chi connectivity index (χ0v) is 27.9. The van der Waals surface area contributed by atoms with E-state index in [1.54, 1.807) is 29.7 Å². The van der Waals surface area contributed by atoms with E-state index in [1.165, 1.54) is 4.88 Å². The molecule has 8 atom stereocenters. The van der Waals surface area contributed by atoms with Crippen molar-refractivity contribution >= 4 is 23.2 Å². The van der Waals surface area contributed by atoms with Crippen LogP contribution in [0.5, 0.6) is 0 Å². The summed E-state index contributed by atoms with van der Waals surface area (Å²) in [7, 11) is 0. The van der Waals surface area contributed by atoms with Crippen LogP contribution in [0.2, 0.25) is 0 Å². The molecule has 2 heterocycles. The van der Waals surface area contributed by atoms with Crippen molar-refractivity contribution in [1.82, 2.24) is 10.2 Å². The number of Topliss-reactive ketones (excluding diaryl/α,β-unsaturated/α-hetero) is 1. The lowest BCUT2D eigenvalue weighted by Crippen LogP contribution is -2.67. The van der Waals surface area contributed by atoms with Crippen LogP contribution < -0.4 is 5.32 Å². The SMILES string of the molecule is CC(C)NC(=O)N(CCc1cccs1)CC1(O)CCC2C34C=CC5(C=C3C(=O)c3ccco3)CC(O)CCC5(C)C4CCC21C. The second kappa shape index (κ2) is 10.7. The maximum Gasteiger partial charge on any atom is 0.317 e. The summed E-state index contributed by atoms with van der Waals surface area (Å²) < 4.78 is 5.69. The number of allylic oxidation sites excluding steroid dienone is 4. The lowest BCUT2D eigenvalue weighted by molar-refractivity contribution is -0.174. The third-order valence-corrected chi connectivity index (χ3v) is 14.0. The smallest absolute Gasteiger partial charge is 0.317 e. The molecule has 8 unspecified atom stereocenters. The maximum absolute atomic E-state index is 14.4. The van der Waals surface area contributed by atoms with E-state index in [4.69, 9.17) is 4.42 Å². The molecule has 6 aliphatic carbocycles. The van der Waals surface area contributed by atoms with E-state index in [0.29, 0.717) is 25.1 Å². The van der Waals surface area contributed by atoms with Crippen molar-refractivity contribution < 1.29 is 24.2 Å². The number of nitrogens with zero attached hydrogens (tertiary/aromatic N) is 1. The van der Waals surface area contributed by atoms with Gasteiger partial charge in [0.2, 0.25) is 5.78 Å². The molecule has 7 nitrogen and oxygen atoms in total. The van der Waals surface area contributed by atoms with Crippen molar-refractivity contribution in [3.8, 4) is 0 Å². The second-order valence-electron chi connectivity index (χ2n) is 15.5. The Bertz CT molecular complexity index is 1510. The molecule has 3 fully saturated rings. The highest BCUT2D eigenvalue weighted by molar-refractivity contribution is 7.09. The predicted molar refractivity (Wildman–Crippen MR) is 175 cm³/mol. The van der Waals surface area contributed by atoms with Crippen LogP contribution >= 0.6 is 11.3 Å². The molecular weight excluding hydrogens is 584 g/mol. The van der Waals surface area contributed by atoms with Crippen LogP contribution in [-0.2, 0) is 6.42 Å². The van der Waals surface area contributed by atoms with Gasteiger partial charge in [0.25, 0.3) is 0 Å². The minimum Gasteiger partial charge on any atom is -0.461 e. The molecule has 8 rings (SSSR count). The third kappa shape index (κ3) is 4.41. The quantitative estimate of drug-likeness (QED) is 0.220. The fourth-order valence-electron chi connectivity index (χ4n) is 10.7. The van der Waals surface area contributed by atoms with E-state index in [-0.39, 0.29) is 47.1 Å². The zero-order chi connectivity index (χ0) is 31.8. The molecule has 2 amide bonds. The average Bonchev–Trinajstić information content (AvgIpc) is 3.76. The minimum atomic E-state index is -1.11. The molecule has 2 spiro atoms. The Morgan fingerprint density at radius 2 is 1.82 bits per heavy atom. The number of hydrogen-bond donors (Lipinski definition) is 3. The van der Waals surface area contributed by atoms with Gasteiger partial charge in [-0.05, 0) is 106 Å². The lowest BCUT2D eigenvalue weighted by atomic mass is 9.32. The second-order valence-corrected chi connectivity index (χ2v) is 16.5. The molecule has 0 aliphatic heterocycles. The highest BCUT2D eigenvalue weighted by atomic mass is 32.1. The summed E-state index contributed by atoms with van der Waals surface area (Å²) in [6.07, 6.45) is 14.1. The predicted octanol–water partition coefficient (Wildman–Crippen LogP) is 6.78. The van der Waals surface area contributed by atoms with E-state index in [1.807, 2.05) is 24.8 Å². The van der Waals surface area contributed by atoms with Crippen molar-refractivity contribution in [3.63, 3.8) is 0 Å². The molecule has 8 heteroatoms. The van der Waals surface area contributed by atoms with Crippen LogP contribution in [0.25, 0.3) is 0 Å². The van der Waals surface area contributed by atoms with Gasteiger partial charge in [0.15, 0.2) is 5.76 Å². The maximum atomic E-state index is 14.4. The normalized spacial score (nSPS) is 39.6. The Hall–Kier alpha value is -2.68. The van der Waals surface area contributed by atoms with Crippen molar-refractivity contribution in [3.05, 3.63) is 70.3 Å². The van der Waals surface area contributed by atoms with Crippen molar-refractivity contribution in [2.75, 3.05) is 13.1 Å². The van der Waals surface area contributed by atoms with Crippen LogP contribution in [-0.4, -0.2) is 57.8 Å². The van der Waals surface area contributed by atoms with E-state index in [0.717, 1.165) is 44.1 Å². The zero-order valence-electron chi connectivity index (χ0n) is 27.1. The van der Waals surface area contributed by atoms with Gasteiger partial charge in [0.05, 0.1) is 24.5 Å². The molecule has 6 aliphatic rings. The molecule has 0 radical (unpaired) electrons. The molecule has 242 valence electrons. The van der Waals surface area contributed by atoms with Crippen molar-refractivity contribution in [2.45, 2.75) is 96.8 Å². The first-order chi connectivity index (χ1) is 21.4. The third-order valence-electron chi connectivity index (χ3n) is 13.1. The van der Waals surface area contributed by atoms with Crippen molar-refractivity contribution in [1.29, 1.82) is 0 Å². The number of amides is 2. The van der Waals surface area contributed by atoms with Gasteiger partial charge in [-0.2, -0.15) is 0 Å². The summed E-state index contributed by atoms with van der Waals surface area (Å²) in [6, 6.07) is 7.49. The number of rotatable bonds is 8. The highest BCUT2D eigenvalue weighted by Gasteiger charge is 2.74. The average molecular weight is 633 g/mol. The van der Waals surface area contributed by atoms with Crippen LogP contribution in [0.3, 0.4) is 0 Å². The fraction of sp³-hybridized carbons (Fsp3) is 0.622. The summed E-state index contributed by atoms with van der Waals surface area (Å²) in [5.74, 6) is 0.491. The first-order valence-corrected chi connectivity index (χ1v) is 17.8. The number of carbonyl (C=O) groups excluding carboxylic acids is 2. The summed E-state index contributed by atoms with van der Waals surface area (Å²) in [4.78, 5) is 31.0. The number of nitrogens with one attached hydrogen (secondary N) is 1. The molecule has 0 saturated heterocycles. The van der Waals surface area contributed by atoms with E-state index in [2.05, 4.69) is 48.8 Å². The van der Waals surface area contributed by atoms with E-state index >= 15 is 0 Å². The van der Waals surface area contributed by atoms with Gasteiger partial charge in [0, 0.05) is 39.3 Å². The molecule has 3 N–H and O–H groups in total. The Morgan fingerprint density at radius 1 is 1.07 bits per heavy atom. The van der Waals surface area contributed by atoms with E-state index in [9.17, 15) is 19.8 Å². The number of hydrogen-bond acceptors (Lipinski definition) is 6. The first kappa shape index (κ1) is 30.9. The first-order valence-electron chi connectivity index (χ1n) is 16.9. The summed E-state index contributed by atoms with van der Waals surface area (Å²) in [5.41, 5.74) is -1.88. The van der Waals surface area contributed by atoms with Crippen LogP contribution in [0, 0.1) is 33.5 Å². The highest BCUT2D eigenvalue weighted by Crippen LogP contribution is 2.78. The number of aliphatic hydroxyl groups is 2. The molecule has 2 aromatic rings. The van der Waals surface area contributed by atoms with Crippen molar-refractivity contribution in [2.24, 2.45) is 33.5 Å². The number of aliphatic hydroxyl groups excluding tert-OH is 1. The topological polar surface area (TPSA) is 103 Å². The molecule has 2 aromatic heterocycles. The monoisotopic (exact) mass is 632 g/mol. The number of thiophene rings is 1. The standard InChI is InChI=1S/C37H48N2O5S/c1-24(2)38-32(42)39(18-12-26-7-6-20-45-26)23-36(43)15-11-30-34(36,4)14-10-29-33(3)13-9-25(40)21-35(33)16-17-37(29,30)27(22-35)31(41)28-8-5-19-44-28/h5-8,16-17,19-20,22,24-25,29-30,40,43H,9-15,18,21,23H2,1-4H3,(H,38,42). The number of ketones is 1. The van der Waals surface area contributed by atoms with Gasteiger partial charge in [-0.3, -0.25) is 4.79 Å². The largest absolute Gasteiger partial charge is 0.461 e. The van der Waals surface area contributed by atoms with Gasteiger partial charge in [-0.25, -0.2) is 4.79 Å². The lowest BCUT2D eigenvalue weighted by Gasteiger charge is -2.71. The minimum absolute atomic E-state index is 0.0115. The van der Waals surface area contributed by atoms with E-state index < -0.39 is 22.5 Å². The molecular formula is C37H48N2O5S. The summed E-state index contributed by atoms with van der Waals surface area (Å²) in [6.45, 7) is 9.32. The molecule has 45 heavy (non-hydrogen) atoms. The van der Waals surface area contributed by atoms with Gasteiger partial charge < -0.3 is 24.8 Å². The Kier molecular flexibility index (Phi) is 7.34. The van der Waals surface area contributed by atoms with Crippen LogP contribution in [0.4, 0.5) is 4.79 Å². The number of furan rings is 1. The summed E-state index contributed by atoms with van der Waals surface area (Å²) >= 11 is 1.69. The van der Waals surface area contributed by atoms with Gasteiger partial charge in [-0.15, -0.1) is 11.3 Å². The Balaban J connectivity index is 1.28. The van der Waals surface area contributed by atoms with Gasteiger partial charge in [-0.1, -0.05) is 38.1 Å². The van der Waals surface area contributed by atoms with Gasteiger partial charge in [0.1, 0.15) is 0 Å². The summed E-state index contributed by atoms with van der Waals surface area (Å²) in [5, 5.41) is 28.8. The van der Waals surface area contributed by atoms with Gasteiger partial charge >= 0.3 is 6.03 Å². The Morgan fingerprint density at radius 3 is 2.53 bits per heavy atom. The van der Waals surface area contributed by atoms with Crippen LogP contribution in [0.1, 0.15) is 88.1 Å². The van der Waals surface area contributed by atoms with Crippen LogP contribution in [0.15, 0.2) is 64.1 Å². The fourth-order valence-corrected chi connectivity index (χ4v) is 11.4.